The van der Waals surface area contributed by atoms with Gasteiger partial charge in [-0.25, -0.2) is 4.98 Å². The van der Waals surface area contributed by atoms with Gasteiger partial charge in [0.25, 0.3) is 0 Å². The third-order valence-corrected chi connectivity index (χ3v) is 5.28. The summed E-state index contributed by atoms with van der Waals surface area (Å²) in [5, 5.41) is 11.0. The lowest BCUT2D eigenvalue weighted by atomic mass is 9.96. The summed E-state index contributed by atoms with van der Waals surface area (Å²) in [6, 6.07) is 16.3. The first-order valence-electron chi connectivity index (χ1n) is 9.54. The molecule has 5 heteroatoms. The molecular formula is C22H26N2O3. The SMILES string of the molecule is COc1ccc(CCc2nc3ccccc3n2CC2(O)CCCOC2)cc1. The van der Waals surface area contributed by atoms with Crippen LogP contribution in [0.4, 0.5) is 0 Å². The summed E-state index contributed by atoms with van der Waals surface area (Å²) in [6.07, 6.45) is 3.36. The van der Waals surface area contributed by atoms with Crippen molar-refractivity contribution in [3.05, 3.63) is 59.9 Å². The number of fused-ring (bicyclic) bond motifs is 1. The summed E-state index contributed by atoms with van der Waals surface area (Å²) >= 11 is 0. The zero-order valence-corrected chi connectivity index (χ0v) is 15.7. The van der Waals surface area contributed by atoms with E-state index >= 15 is 0 Å². The molecule has 3 aromatic rings. The van der Waals surface area contributed by atoms with Crippen molar-refractivity contribution in [3.8, 4) is 5.75 Å². The molecule has 0 amide bonds. The van der Waals surface area contributed by atoms with Crippen LogP contribution in [0.15, 0.2) is 48.5 Å². The Bertz CT molecular complexity index is 896. The molecule has 1 fully saturated rings. The fraction of sp³-hybridized carbons (Fsp3) is 0.409. The molecule has 0 bridgehead atoms. The molecule has 5 nitrogen and oxygen atoms in total. The number of para-hydroxylation sites is 2. The maximum Gasteiger partial charge on any atom is 0.118 e. The predicted octanol–water partition coefficient (Wildman–Crippen LogP) is 3.37. The van der Waals surface area contributed by atoms with Crippen molar-refractivity contribution in [2.45, 2.75) is 37.8 Å². The van der Waals surface area contributed by atoms with Gasteiger partial charge in [0.05, 0.1) is 31.3 Å². The van der Waals surface area contributed by atoms with Gasteiger partial charge < -0.3 is 19.1 Å². The first kappa shape index (κ1) is 18.0. The number of hydrogen-bond donors (Lipinski definition) is 1. The number of hydrogen-bond acceptors (Lipinski definition) is 4. The molecule has 1 saturated heterocycles. The Morgan fingerprint density at radius 2 is 1.96 bits per heavy atom. The first-order chi connectivity index (χ1) is 13.2. The number of benzene rings is 2. The molecule has 0 aliphatic carbocycles. The van der Waals surface area contributed by atoms with E-state index in [4.69, 9.17) is 14.5 Å². The molecule has 1 aliphatic rings. The summed E-state index contributed by atoms with van der Waals surface area (Å²) in [5.74, 6) is 1.87. The van der Waals surface area contributed by atoms with Crippen molar-refractivity contribution in [2.75, 3.05) is 20.3 Å². The molecule has 0 saturated carbocycles. The summed E-state index contributed by atoms with van der Waals surface area (Å²) < 4.78 is 12.9. The second-order valence-corrected chi connectivity index (χ2v) is 7.33. The van der Waals surface area contributed by atoms with Crippen molar-refractivity contribution in [2.24, 2.45) is 0 Å². The van der Waals surface area contributed by atoms with Crippen LogP contribution in [0, 0.1) is 0 Å². The second kappa shape index (κ2) is 7.71. The number of ether oxygens (including phenoxy) is 2. The van der Waals surface area contributed by atoms with Gasteiger partial charge >= 0.3 is 0 Å². The van der Waals surface area contributed by atoms with Crippen LogP contribution in [-0.4, -0.2) is 40.6 Å². The largest absolute Gasteiger partial charge is 0.497 e. The molecule has 4 rings (SSSR count). The minimum absolute atomic E-state index is 0.386. The summed E-state index contributed by atoms with van der Waals surface area (Å²) in [6.45, 7) is 1.64. The van der Waals surface area contributed by atoms with E-state index in [9.17, 15) is 5.11 Å². The second-order valence-electron chi connectivity index (χ2n) is 7.33. The van der Waals surface area contributed by atoms with Crippen LogP contribution in [0.1, 0.15) is 24.2 Å². The zero-order valence-electron chi connectivity index (χ0n) is 15.7. The van der Waals surface area contributed by atoms with Gasteiger partial charge in [0.1, 0.15) is 17.2 Å². The molecule has 0 radical (unpaired) electrons. The van der Waals surface area contributed by atoms with Crippen LogP contribution < -0.4 is 4.74 Å². The third-order valence-electron chi connectivity index (χ3n) is 5.28. The average molecular weight is 366 g/mol. The van der Waals surface area contributed by atoms with Crippen molar-refractivity contribution in [1.29, 1.82) is 0 Å². The van der Waals surface area contributed by atoms with Gasteiger partial charge in [-0.2, -0.15) is 0 Å². The topological polar surface area (TPSA) is 56.5 Å². The maximum absolute atomic E-state index is 11.0. The van der Waals surface area contributed by atoms with Crippen molar-refractivity contribution in [3.63, 3.8) is 0 Å². The van der Waals surface area contributed by atoms with Gasteiger partial charge in [0.15, 0.2) is 0 Å². The number of rotatable bonds is 6. The van der Waals surface area contributed by atoms with Crippen LogP contribution in [0.25, 0.3) is 11.0 Å². The van der Waals surface area contributed by atoms with Gasteiger partial charge in [0, 0.05) is 13.0 Å². The molecule has 1 atom stereocenters. The third kappa shape index (κ3) is 3.99. The Labute approximate surface area is 159 Å². The van der Waals surface area contributed by atoms with Crippen LogP contribution in [0.2, 0.25) is 0 Å². The minimum Gasteiger partial charge on any atom is -0.497 e. The number of imidazole rings is 1. The fourth-order valence-corrected chi connectivity index (χ4v) is 3.80. The molecular weight excluding hydrogens is 340 g/mol. The Morgan fingerprint density at radius 3 is 2.70 bits per heavy atom. The van der Waals surface area contributed by atoms with Gasteiger partial charge in [-0.3, -0.25) is 0 Å². The molecule has 1 aliphatic heterocycles. The van der Waals surface area contributed by atoms with E-state index in [0.29, 0.717) is 13.2 Å². The molecule has 1 aromatic heterocycles. The van der Waals surface area contributed by atoms with Crippen LogP contribution in [0.3, 0.4) is 0 Å². The van der Waals surface area contributed by atoms with Crippen LogP contribution in [-0.2, 0) is 24.1 Å². The monoisotopic (exact) mass is 366 g/mol. The summed E-state index contributed by atoms with van der Waals surface area (Å²) in [4.78, 5) is 4.84. The molecule has 27 heavy (non-hydrogen) atoms. The van der Waals surface area contributed by atoms with E-state index in [1.54, 1.807) is 7.11 Å². The zero-order chi connectivity index (χ0) is 18.7. The number of methoxy groups -OCH3 is 1. The minimum atomic E-state index is -0.823. The van der Waals surface area contributed by atoms with Gasteiger partial charge in [-0.1, -0.05) is 24.3 Å². The molecule has 2 aromatic carbocycles. The van der Waals surface area contributed by atoms with Crippen LogP contribution >= 0.6 is 0 Å². The normalized spacial score (nSPS) is 20.1. The van der Waals surface area contributed by atoms with Crippen molar-refractivity contribution < 1.29 is 14.6 Å². The molecule has 142 valence electrons. The highest BCUT2D eigenvalue weighted by Crippen LogP contribution is 2.26. The smallest absolute Gasteiger partial charge is 0.118 e. The lowest BCUT2D eigenvalue weighted by Gasteiger charge is -2.32. The molecule has 1 N–H and O–H groups in total. The summed E-state index contributed by atoms with van der Waals surface area (Å²) in [5.41, 5.74) is 2.47. The number of aromatic nitrogens is 2. The van der Waals surface area contributed by atoms with E-state index in [0.717, 1.165) is 54.9 Å². The first-order valence-corrected chi connectivity index (χ1v) is 9.54. The standard InChI is InChI=1S/C22H26N2O3/c1-26-18-10-7-17(8-11-18)9-12-21-23-19-5-2-3-6-20(19)24(21)15-22(25)13-4-14-27-16-22/h2-3,5-8,10-11,25H,4,9,12-16H2,1H3. The number of nitrogens with zero attached hydrogens (tertiary/aromatic N) is 2. The highest BCUT2D eigenvalue weighted by atomic mass is 16.5. The van der Waals surface area contributed by atoms with Crippen LogP contribution in [0.5, 0.6) is 5.75 Å². The Balaban J connectivity index is 1.59. The Kier molecular flexibility index (Phi) is 5.14. The van der Waals surface area contributed by atoms with Gasteiger partial charge in [-0.05, 0) is 49.1 Å². The predicted molar refractivity (Wildman–Crippen MR) is 105 cm³/mol. The molecule has 2 heterocycles. The Hall–Kier alpha value is -2.37. The number of aryl methyl sites for hydroxylation is 2. The molecule has 0 spiro atoms. The highest BCUT2D eigenvalue weighted by molar-refractivity contribution is 5.76. The van der Waals surface area contributed by atoms with E-state index in [-0.39, 0.29) is 0 Å². The number of aliphatic hydroxyl groups is 1. The maximum atomic E-state index is 11.0. The van der Waals surface area contributed by atoms with Gasteiger partial charge in [-0.15, -0.1) is 0 Å². The lowest BCUT2D eigenvalue weighted by molar-refractivity contribution is -0.0940. The highest BCUT2D eigenvalue weighted by Gasteiger charge is 2.32. The summed E-state index contributed by atoms with van der Waals surface area (Å²) in [7, 11) is 1.68. The van der Waals surface area contributed by atoms with E-state index in [1.165, 1.54) is 5.56 Å². The Morgan fingerprint density at radius 1 is 1.15 bits per heavy atom. The lowest BCUT2D eigenvalue weighted by Crippen LogP contribution is -2.42. The fourth-order valence-electron chi connectivity index (χ4n) is 3.80. The quantitative estimate of drug-likeness (QED) is 0.727. The van der Waals surface area contributed by atoms with E-state index in [2.05, 4.69) is 22.8 Å². The molecule has 1 unspecified atom stereocenters. The van der Waals surface area contributed by atoms with E-state index in [1.807, 2.05) is 30.3 Å². The average Bonchev–Trinajstić information content (AvgIpc) is 3.04. The van der Waals surface area contributed by atoms with Crippen molar-refractivity contribution >= 4 is 11.0 Å². The van der Waals surface area contributed by atoms with Crippen molar-refractivity contribution in [1.82, 2.24) is 9.55 Å². The van der Waals surface area contributed by atoms with E-state index < -0.39 is 5.60 Å². The van der Waals surface area contributed by atoms with Gasteiger partial charge in [0.2, 0.25) is 0 Å².